The van der Waals surface area contributed by atoms with E-state index in [2.05, 4.69) is 6.92 Å². The number of unbranched alkanes of at least 4 members (excludes halogenated alkanes) is 1. The maximum atomic E-state index is 9.93. The van der Waals surface area contributed by atoms with E-state index in [9.17, 15) is 5.11 Å². The molecule has 4 nitrogen and oxygen atoms in total. The van der Waals surface area contributed by atoms with Gasteiger partial charge in [0.25, 0.3) is 0 Å². The number of hydrogen-bond donors (Lipinski definition) is 2. The van der Waals surface area contributed by atoms with Crippen LogP contribution in [-0.4, -0.2) is 43.7 Å². The second-order valence-corrected chi connectivity index (χ2v) is 4.96. The first kappa shape index (κ1) is 17.1. The fraction of sp³-hybridized carbons (Fsp3) is 0.625. The first-order valence-corrected chi connectivity index (χ1v) is 7.37. The van der Waals surface area contributed by atoms with Crippen molar-refractivity contribution in [2.75, 3.05) is 26.4 Å². The SMILES string of the molecule is CCCCOCCOCC(O)C(N)Cc1ccccc1. The summed E-state index contributed by atoms with van der Waals surface area (Å²) in [6.07, 6.45) is 2.21. The van der Waals surface area contributed by atoms with Gasteiger partial charge in [0.1, 0.15) is 0 Å². The lowest BCUT2D eigenvalue weighted by Gasteiger charge is -2.19. The molecule has 0 heterocycles. The molecule has 0 spiro atoms. The van der Waals surface area contributed by atoms with E-state index in [0.29, 0.717) is 19.6 Å². The van der Waals surface area contributed by atoms with Crippen LogP contribution in [0, 0.1) is 0 Å². The molecule has 1 aromatic carbocycles. The van der Waals surface area contributed by atoms with Crippen LogP contribution in [0.1, 0.15) is 25.3 Å². The molecular weight excluding hydrogens is 254 g/mol. The van der Waals surface area contributed by atoms with E-state index >= 15 is 0 Å². The molecule has 0 saturated heterocycles. The van der Waals surface area contributed by atoms with Crippen molar-refractivity contribution in [2.45, 2.75) is 38.3 Å². The van der Waals surface area contributed by atoms with Gasteiger partial charge in [-0.2, -0.15) is 0 Å². The van der Waals surface area contributed by atoms with Crippen molar-refractivity contribution in [2.24, 2.45) is 5.73 Å². The zero-order valence-electron chi connectivity index (χ0n) is 12.3. The summed E-state index contributed by atoms with van der Waals surface area (Å²) in [7, 11) is 0. The third-order valence-electron chi connectivity index (χ3n) is 3.11. The predicted molar refractivity (Wildman–Crippen MR) is 80.7 cm³/mol. The maximum Gasteiger partial charge on any atom is 0.0927 e. The molecule has 0 aliphatic carbocycles. The summed E-state index contributed by atoms with van der Waals surface area (Å²) >= 11 is 0. The average Bonchev–Trinajstić information content (AvgIpc) is 2.47. The first-order valence-electron chi connectivity index (χ1n) is 7.37. The van der Waals surface area contributed by atoms with Crippen LogP contribution in [0.25, 0.3) is 0 Å². The van der Waals surface area contributed by atoms with Crippen LogP contribution in [0.3, 0.4) is 0 Å². The van der Waals surface area contributed by atoms with Gasteiger partial charge in [-0.25, -0.2) is 0 Å². The summed E-state index contributed by atoms with van der Waals surface area (Å²) in [6.45, 7) is 4.23. The Balaban J connectivity index is 2.08. The lowest BCUT2D eigenvalue weighted by Crippen LogP contribution is -2.39. The average molecular weight is 281 g/mol. The Morgan fingerprint density at radius 3 is 2.50 bits per heavy atom. The molecule has 3 N–H and O–H groups in total. The minimum atomic E-state index is -0.647. The highest BCUT2D eigenvalue weighted by atomic mass is 16.5. The highest BCUT2D eigenvalue weighted by molar-refractivity contribution is 5.16. The van der Waals surface area contributed by atoms with Crippen molar-refractivity contribution in [3.8, 4) is 0 Å². The van der Waals surface area contributed by atoms with Crippen LogP contribution < -0.4 is 5.73 Å². The van der Waals surface area contributed by atoms with E-state index in [1.54, 1.807) is 0 Å². The Morgan fingerprint density at radius 2 is 1.80 bits per heavy atom. The molecular formula is C16H27NO3. The first-order chi connectivity index (χ1) is 9.74. The summed E-state index contributed by atoms with van der Waals surface area (Å²) in [4.78, 5) is 0. The van der Waals surface area contributed by atoms with Gasteiger partial charge < -0.3 is 20.3 Å². The Morgan fingerprint density at radius 1 is 1.10 bits per heavy atom. The molecule has 0 aliphatic rings. The number of ether oxygens (including phenoxy) is 2. The molecule has 4 heteroatoms. The highest BCUT2D eigenvalue weighted by Crippen LogP contribution is 2.04. The topological polar surface area (TPSA) is 64.7 Å². The maximum absolute atomic E-state index is 9.93. The largest absolute Gasteiger partial charge is 0.389 e. The van der Waals surface area contributed by atoms with E-state index in [1.807, 2.05) is 30.3 Å². The second kappa shape index (κ2) is 10.8. The van der Waals surface area contributed by atoms with Crippen LogP contribution in [-0.2, 0) is 15.9 Å². The summed E-state index contributed by atoms with van der Waals surface area (Å²) in [5.41, 5.74) is 7.10. The molecule has 20 heavy (non-hydrogen) atoms. The highest BCUT2D eigenvalue weighted by Gasteiger charge is 2.15. The van der Waals surface area contributed by atoms with Gasteiger partial charge in [-0.05, 0) is 18.4 Å². The lowest BCUT2D eigenvalue weighted by molar-refractivity contribution is -0.00442. The normalized spacial score (nSPS) is 14.2. The fourth-order valence-corrected chi connectivity index (χ4v) is 1.82. The molecule has 1 aromatic rings. The van der Waals surface area contributed by atoms with Crippen LogP contribution in [0.2, 0.25) is 0 Å². The van der Waals surface area contributed by atoms with Gasteiger partial charge >= 0.3 is 0 Å². The van der Waals surface area contributed by atoms with Gasteiger partial charge in [0, 0.05) is 12.6 Å². The van der Waals surface area contributed by atoms with Crippen LogP contribution >= 0.6 is 0 Å². The molecule has 0 saturated carbocycles. The zero-order chi connectivity index (χ0) is 14.6. The van der Waals surface area contributed by atoms with Crippen LogP contribution in [0.4, 0.5) is 0 Å². The van der Waals surface area contributed by atoms with Gasteiger partial charge in [0.15, 0.2) is 0 Å². The van der Waals surface area contributed by atoms with E-state index in [0.717, 1.165) is 25.0 Å². The smallest absolute Gasteiger partial charge is 0.0927 e. The van der Waals surface area contributed by atoms with E-state index in [1.165, 1.54) is 0 Å². The van der Waals surface area contributed by atoms with Crippen molar-refractivity contribution in [1.82, 2.24) is 0 Å². The molecule has 0 radical (unpaired) electrons. The number of benzene rings is 1. The Labute approximate surface area is 121 Å². The number of nitrogens with two attached hydrogens (primary N) is 1. The standard InChI is InChI=1S/C16H27NO3/c1-2-3-9-19-10-11-20-13-16(18)15(17)12-14-7-5-4-6-8-14/h4-8,15-16,18H,2-3,9-13,17H2,1H3. The molecule has 114 valence electrons. The second-order valence-electron chi connectivity index (χ2n) is 4.96. The Bertz CT molecular complexity index is 332. The third kappa shape index (κ3) is 7.60. The minimum absolute atomic E-state index is 0.255. The van der Waals surface area contributed by atoms with E-state index in [-0.39, 0.29) is 12.6 Å². The summed E-state index contributed by atoms with van der Waals surface area (Å²) in [6, 6.07) is 9.62. The molecule has 0 aliphatic heterocycles. The van der Waals surface area contributed by atoms with E-state index < -0.39 is 6.10 Å². The van der Waals surface area contributed by atoms with Gasteiger partial charge in [-0.3, -0.25) is 0 Å². The number of hydrogen-bond acceptors (Lipinski definition) is 4. The monoisotopic (exact) mass is 281 g/mol. The quantitative estimate of drug-likeness (QED) is 0.607. The zero-order valence-corrected chi connectivity index (χ0v) is 12.3. The molecule has 2 atom stereocenters. The molecule has 0 bridgehead atoms. The number of aliphatic hydroxyl groups excluding tert-OH is 1. The van der Waals surface area contributed by atoms with Crippen LogP contribution in [0.5, 0.6) is 0 Å². The predicted octanol–water partition coefficient (Wildman–Crippen LogP) is 1.75. The van der Waals surface area contributed by atoms with Crippen molar-refractivity contribution >= 4 is 0 Å². The molecule has 0 amide bonds. The number of rotatable bonds is 11. The van der Waals surface area contributed by atoms with E-state index in [4.69, 9.17) is 15.2 Å². The summed E-state index contributed by atoms with van der Waals surface area (Å²) in [5.74, 6) is 0. The van der Waals surface area contributed by atoms with Gasteiger partial charge in [-0.15, -0.1) is 0 Å². The van der Waals surface area contributed by atoms with Crippen molar-refractivity contribution < 1.29 is 14.6 Å². The molecule has 1 rings (SSSR count). The molecule has 2 unspecified atom stereocenters. The number of aliphatic hydroxyl groups is 1. The summed E-state index contributed by atoms with van der Waals surface area (Å²) < 4.78 is 10.8. The molecule has 0 fully saturated rings. The van der Waals surface area contributed by atoms with Crippen molar-refractivity contribution in [3.05, 3.63) is 35.9 Å². The van der Waals surface area contributed by atoms with Crippen LogP contribution in [0.15, 0.2) is 30.3 Å². The van der Waals surface area contributed by atoms with Crippen molar-refractivity contribution in [1.29, 1.82) is 0 Å². The summed E-state index contributed by atoms with van der Waals surface area (Å²) in [5, 5.41) is 9.93. The Hall–Kier alpha value is -0.940. The molecule has 0 aromatic heterocycles. The third-order valence-corrected chi connectivity index (χ3v) is 3.11. The van der Waals surface area contributed by atoms with Gasteiger partial charge in [0.05, 0.1) is 25.9 Å². The van der Waals surface area contributed by atoms with Crippen molar-refractivity contribution in [3.63, 3.8) is 0 Å². The van der Waals surface area contributed by atoms with Gasteiger partial charge in [0.2, 0.25) is 0 Å². The van der Waals surface area contributed by atoms with Gasteiger partial charge in [-0.1, -0.05) is 43.7 Å². The lowest BCUT2D eigenvalue weighted by atomic mass is 10.0. The minimum Gasteiger partial charge on any atom is -0.389 e. The fourth-order valence-electron chi connectivity index (χ4n) is 1.82. The Kier molecular flexibility index (Phi) is 9.24.